The first kappa shape index (κ1) is 7.67. The second-order valence-corrected chi connectivity index (χ2v) is 2.57. The minimum absolute atomic E-state index is 0.250. The highest BCUT2D eigenvalue weighted by atomic mass is 32.1. The Labute approximate surface area is 65.0 Å². The van der Waals surface area contributed by atoms with Crippen LogP contribution in [0.2, 0.25) is 0 Å². The van der Waals surface area contributed by atoms with E-state index in [4.69, 9.17) is 5.11 Å². The van der Waals surface area contributed by atoms with Gasteiger partial charge in [-0.05, 0) is 0 Å². The van der Waals surface area contributed by atoms with Crippen molar-refractivity contribution in [3.05, 3.63) is 21.1 Å². The van der Waals surface area contributed by atoms with E-state index in [9.17, 15) is 14.9 Å². The standard InChI is InChI=1S/C5H3NO4S/c7-1-3-4(6(9)10)2-11-5(3)8/h1-2,8H. The van der Waals surface area contributed by atoms with Crippen LogP contribution < -0.4 is 0 Å². The third-order valence-electron chi connectivity index (χ3n) is 1.10. The van der Waals surface area contributed by atoms with Crippen LogP contribution in [0.3, 0.4) is 0 Å². The average Bonchev–Trinajstić information content (AvgIpc) is 2.30. The van der Waals surface area contributed by atoms with E-state index in [-0.39, 0.29) is 22.6 Å². The van der Waals surface area contributed by atoms with Crippen molar-refractivity contribution < 1.29 is 14.8 Å². The van der Waals surface area contributed by atoms with Crippen molar-refractivity contribution in [1.29, 1.82) is 0 Å². The zero-order chi connectivity index (χ0) is 8.43. The molecule has 1 aromatic heterocycles. The Balaban J connectivity index is 3.26. The lowest BCUT2D eigenvalue weighted by atomic mass is 10.3. The molecule has 0 bridgehead atoms. The fourth-order valence-corrected chi connectivity index (χ4v) is 1.32. The summed E-state index contributed by atoms with van der Waals surface area (Å²) >= 11 is 0.767. The summed E-state index contributed by atoms with van der Waals surface area (Å²) in [5.74, 6) is 0. The van der Waals surface area contributed by atoms with Crippen LogP contribution in [0.4, 0.5) is 5.69 Å². The molecule has 6 heteroatoms. The molecule has 1 N–H and O–H groups in total. The van der Waals surface area contributed by atoms with E-state index in [0.717, 1.165) is 16.7 Å². The topological polar surface area (TPSA) is 80.4 Å². The van der Waals surface area contributed by atoms with Gasteiger partial charge in [-0.15, -0.1) is 0 Å². The Hall–Kier alpha value is -1.43. The summed E-state index contributed by atoms with van der Waals surface area (Å²) in [6.45, 7) is 0. The number of nitrogens with zero attached hydrogens (tertiary/aromatic N) is 1. The zero-order valence-electron chi connectivity index (χ0n) is 5.18. The first-order chi connectivity index (χ1) is 5.16. The Morgan fingerprint density at radius 2 is 2.36 bits per heavy atom. The second-order valence-electron chi connectivity index (χ2n) is 1.71. The van der Waals surface area contributed by atoms with Crippen LogP contribution in [0, 0.1) is 10.1 Å². The molecule has 0 atom stereocenters. The van der Waals surface area contributed by atoms with E-state index in [2.05, 4.69) is 0 Å². The SMILES string of the molecule is O=Cc1c([N+](=O)[O-])csc1O. The van der Waals surface area contributed by atoms with Gasteiger partial charge in [0.05, 0.1) is 10.3 Å². The molecule has 0 saturated carbocycles. The van der Waals surface area contributed by atoms with E-state index in [0.29, 0.717) is 0 Å². The van der Waals surface area contributed by atoms with Gasteiger partial charge in [-0.1, -0.05) is 11.3 Å². The molecule has 11 heavy (non-hydrogen) atoms. The summed E-state index contributed by atoms with van der Waals surface area (Å²) in [7, 11) is 0. The highest BCUT2D eigenvalue weighted by Crippen LogP contribution is 2.32. The molecule has 0 aliphatic rings. The van der Waals surface area contributed by atoms with Crippen molar-refractivity contribution in [2.24, 2.45) is 0 Å². The first-order valence-electron chi connectivity index (χ1n) is 2.57. The Bertz CT molecular complexity index is 305. The predicted octanol–water partition coefficient (Wildman–Crippen LogP) is 1.17. The number of aromatic hydroxyl groups is 1. The largest absolute Gasteiger partial charge is 0.499 e. The van der Waals surface area contributed by atoms with E-state index >= 15 is 0 Å². The lowest BCUT2D eigenvalue weighted by Crippen LogP contribution is -1.89. The minimum Gasteiger partial charge on any atom is -0.499 e. The van der Waals surface area contributed by atoms with Gasteiger partial charge in [0.1, 0.15) is 5.56 Å². The van der Waals surface area contributed by atoms with Crippen LogP contribution in [0.15, 0.2) is 5.38 Å². The number of rotatable bonds is 2. The van der Waals surface area contributed by atoms with Crippen molar-refractivity contribution in [2.75, 3.05) is 0 Å². The van der Waals surface area contributed by atoms with E-state index in [1.165, 1.54) is 0 Å². The van der Waals surface area contributed by atoms with E-state index in [1.54, 1.807) is 0 Å². The summed E-state index contributed by atoms with van der Waals surface area (Å²) in [5.41, 5.74) is -0.595. The highest BCUT2D eigenvalue weighted by molar-refractivity contribution is 7.12. The molecule has 0 aliphatic carbocycles. The van der Waals surface area contributed by atoms with Crippen LogP contribution in [-0.2, 0) is 0 Å². The molecule has 0 radical (unpaired) electrons. The van der Waals surface area contributed by atoms with Gasteiger partial charge in [-0.25, -0.2) is 0 Å². The maximum absolute atomic E-state index is 10.2. The normalized spacial score (nSPS) is 9.45. The number of nitro groups is 1. The fourth-order valence-electron chi connectivity index (χ4n) is 0.600. The molecule has 1 rings (SSSR count). The fraction of sp³-hybridized carbons (Fsp3) is 0. The van der Waals surface area contributed by atoms with Gasteiger partial charge in [-0.3, -0.25) is 14.9 Å². The number of hydrogen-bond acceptors (Lipinski definition) is 5. The number of aldehydes is 1. The summed E-state index contributed by atoms with van der Waals surface area (Å²) < 4.78 is 0. The lowest BCUT2D eigenvalue weighted by Gasteiger charge is -1.85. The van der Waals surface area contributed by atoms with Gasteiger partial charge < -0.3 is 5.11 Å². The number of carbonyl (C=O) groups is 1. The number of hydrogen-bond donors (Lipinski definition) is 1. The monoisotopic (exact) mass is 173 g/mol. The summed E-state index contributed by atoms with van der Waals surface area (Å²) in [6, 6.07) is 0. The third kappa shape index (κ3) is 1.20. The van der Waals surface area contributed by atoms with Gasteiger partial charge in [0.2, 0.25) is 0 Å². The van der Waals surface area contributed by atoms with Crippen molar-refractivity contribution in [3.63, 3.8) is 0 Å². The summed E-state index contributed by atoms with van der Waals surface area (Å²) in [5, 5.41) is 19.8. The number of thiophene rings is 1. The van der Waals surface area contributed by atoms with Crippen LogP contribution in [0.25, 0.3) is 0 Å². The quantitative estimate of drug-likeness (QED) is 0.413. The van der Waals surface area contributed by atoms with Gasteiger partial charge in [0.25, 0.3) is 5.69 Å². The van der Waals surface area contributed by atoms with Crippen LogP contribution in [0.1, 0.15) is 10.4 Å². The molecule has 0 unspecified atom stereocenters. The summed E-state index contributed by atoms with van der Waals surface area (Å²) in [4.78, 5) is 19.6. The molecule has 5 nitrogen and oxygen atoms in total. The number of carbonyl (C=O) groups excluding carboxylic acids is 1. The van der Waals surface area contributed by atoms with Crippen LogP contribution >= 0.6 is 11.3 Å². The van der Waals surface area contributed by atoms with Crippen molar-refractivity contribution in [2.45, 2.75) is 0 Å². The second kappa shape index (κ2) is 2.67. The molecule has 0 fully saturated rings. The molecular weight excluding hydrogens is 170 g/mol. The highest BCUT2D eigenvalue weighted by Gasteiger charge is 2.19. The van der Waals surface area contributed by atoms with Gasteiger partial charge in [0, 0.05) is 0 Å². The molecule has 1 aromatic rings. The van der Waals surface area contributed by atoms with Gasteiger partial charge in [-0.2, -0.15) is 0 Å². The molecule has 1 heterocycles. The minimum atomic E-state index is -0.708. The van der Waals surface area contributed by atoms with Crippen molar-refractivity contribution >= 4 is 23.3 Å². The molecular formula is C5H3NO4S. The zero-order valence-corrected chi connectivity index (χ0v) is 6.00. The van der Waals surface area contributed by atoms with E-state index in [1.807, 2.05) is 0 Å². The first-order valence-corrected chi connectivity index (χ1v) is 3.44. The lowest BCUT2D eigenvalue weighted by molar-refractivity contribution is -0.384. The van der Waals surface area contributed by atoms with Crippen LogP contribution in [-0.4, -0.2) is 16.3 Å². The molecule has 0 saturated heterocycles. The molecule has 0 amide bonds. The van der Waals surface area contributed by atoms with Crippen LogP contribution in [0.5, 0.6) is 5.06 Å². The maximum atomic E-state index is 10.2. The van der Waals surface area contributed by atoms with Gasteiger partial charge >= 0.3 is 0 Å². The van der Waals surface area contributed by atoms with Crippen molar-refractivity contribution in [1.82, 2.24) is 0 Å². The Kier molecular flexibility index (Phi) is 1.86. The Morgan fingerprint density at radius 1 is 1.73 bits per heavy atom. The predicted molar refractivity (Wildman–Crippen MR) is 38.0 cm³/mol. The average molecular weight is 173 g/mol. The van der Waals surface area contributed by atoms with E-state index < -0.39 is 4.92 Å². The molecule has 0 spiro atoms. The summed E-state index contributed by atoms with van der Waals surface area (Å²) in [6.07, 6.45) is 0.268. The smallest absolute Gasteiger partial charge is 0.294 e. The molecule has 0 aliphatic heterocycles. The Morgan fingerprint density at radius 3 is 2.73 bits per heavy atom. The molecule has 0 aromatic carbocycles. The van der Waals surface area contributed by atoms with Crippen molar-refractivity contribution in [3.8, 4) is 5.06 Å². The third-order valence-corrected chi connectivity index (χ3v) is 1.89. The maximum Gasteiger partial charge on any atom is 0.294 e. The molecule has 58 valence electrons. The van der Waals surface area contributed by atoms with Gasteiger partial charge in [0.15, 0.2) is 11.3 Å².